The first-order chi connectivity index (χ1) is 55.4. The third-order valence-electron chi connectivity index (χ3n) is 25.6. The predicted octanol–water partition coefficient (Wildman–Crippen LogP) is 27.6. The molecule has 3 aliphatic rings. The molecule has 0 saturated heterocycles. The Balaban J connectivity index is 0.680. The van der Waals surface area contributed by atoms with E-state index >= 15 is 0 Å². The molecule has 3 aliphatic carbocycles. The molecule has 113 heavy (non-hydrogen) atoms. The molecule has 2 unspecified atom stereocenters. The Morgan fingerprint density at radius 1 is 0.265 bits per heavy atom. The van der Waals surface area contributed by atoms with Gasteiger partial charge in [-0.3, -0.25) is 0 Å². The Kier molecular flexibility index (Phi) is 14.1. The molecule has 0 spiro atoms. The van der Waals surface area contributed by atoms with Crippen LogP contribution in [0.3, 0.4) is 0 Å². The number of aromatic nitrogens is 6. The normalized spacial score (nSPS) is 15.1. The predicted molar refractivity (Wildman–Crippen MR) is 471 cm³/mol. The number of fused-ring (bicyclic) bond motifs is 18. The molecule has 0 saturated carbocycles. The van der Waals surface area contributed by atoms with E-state index in [1.54, 1.807) is 0 Å². The van der Waals surface area contributed by atoms with Crippen molar-refractivity contribution in [2.75, 3.05) is 0 Å². The van der Waals surface area contributed by atoms with Crippen molar-refractivity contribution >= 4 is 82.4 Å². The molecule has 0 N–H and O–H groups in total. The molecule has 23 rings (SSSR count). The lowest BCUT2D eigenvalue weighted by molar-refractivity contribution is 0.659. The van der Waals surface area contributed by atoms with Crippen LogP contribution in [-0.2, 0) is 10.8 Å². The van der Waals surface area contributed by atoms with E-state index in [4.69, 9.17) is 9.97 Å². The van der Waals surface area contributed by atoms with Crippen molar-refractivity contribution in [3.63, 3.8) is 0 Å². The minimum Gasteiger partial charge on any atom is -0.310 e. The first kappa shape index (κ1) is 65.0. The summed E-state index contributed by atoms with van der Waals surface area (Å²) in [6.07, 6.45) is 4.89. The van der Waals surface area contributed by atoms with Crippen LogP contribution in [0.5, 0.6) is 0 Å². The van der Waals surface area contributed by atoms with Crippen LogP contribution < -0.4 is 0 Å². The molecule has 2 atom stereocenters. The fourth-order valence-corrected chi connectivity index (χ4v) is 20.1. The summed E-state index contributed by atoms with van der Waals surface area (Å²) in [7, 11) is 0. The Hall–Kier alpha value is -13.9. The number of rotatable bonds is 10. The van der Waals surface area contributed by atoms with Gasteiger partial charge in [0.15, 0.2) is 5.82 Å². The fourth-order valence-electron chi connectivity index (χ4n) is 20.1. The van der Waals surface area contributed by atoms with Gasteiger partial charge in [0.05, 0.1) is 55.7 Å². The molecule has 0 fully saturated rings. The average molecular weight is 1450 g/mol. The van der Waals surface area contributed by atoms with Crippen molar-refractivity contribution in [1.82, 2.24) is 28.2 Å². The van der Waals surface area contributed by atoms with E-state index in [1.807, 2.05) is 0 Å². The third-order valence-corrected chi connectivity index (χ3v) is 25.6. The SMILES string of the molecule is CC1c2c(n(-c3ccc4c(c3)C(C)(C)c3ccccc3-4)c3ccccc23)C=CC1c1ccc2c(c1)c1ccccc1n2-c1cc(-c2cc(-c3ccccc3)nc(-c3ccc(-c4ccccc4)cc3)n2)cc(-n2c3ccccc3c3cc(-c4ccc5c(c4)c4ccccc4n5-c4ccc5c(c4)C(C)(C)c4ccccc4-5)ccc32)c1. The summed E-state index contributed by atoms with van der Waals surface area (Å²) >= 11 is 0. The number of nitrogens with zero attached hydrogens (tertiary/aromatic N) is 6. The van der Waals surface area contributed by atoms with Crippen LogP contribution in [0.4, 0.5) is 0 Å². The van der Waals surface area contributed by atoms with E-state index in [0.717, 1.165) is 78.2 Å². The molecule has 0 bridgehead atoms. The first-order valence-corrected chi connectivity index (χ1v) is 39.6. The van der Waals surface area contributed by atoms with Crippen molar-refractivity contribution < 1.29 is 0 Å². The number of hydrogen-bond acceptors (Lipinski definition) is 2. The highest BCUT2D eigenvalue weighted by atomic mass is 15.0. The van der Waals surface area contributed by atoms with Crippen LogP contribution in [0.1, 0.15) is 85.5 Å². The Bertz CT molecular complexity index is 7440. The monoisotopic (exact) mass is 1440 g/mol. The van der Waals surface area contributed by atoms with Crippen LogP contribution in [0.2, 0.25) is 0 Å². The van der Waals surface area contributed by atoms with Gasteiger partial charge in [0.25, 0.3) is 0 Å². The zero-order chi connectivity index (χ0) is 75.1. The van der Waals surface area contributed by atoms with Crippen LogP contribution >= 0.6 is 0 Å². The number of hydrogen-bond donors (Lipinski definition) is 0. The van der Waals surface area contributed by atoms with Gasteiger partial charge in [0.2, 0.25) is 0 Å². The summed E-state index contributed by atoms with van der Waals surface area (Å²) in [5.74, 6) is 0.949. The third kappa shape index (κ3) is 9.79. The van der Waals surface area contributed by atoms with Crippen molar-refractivity contribution in [2.45, 2.75) is 57.3 Å². The molecule has 20 aromatic rings. The number of benzene rings is 15. The second-order valence-corrected chi connectivity index (χ2v) is 32.4. The average Bonchev–Trinajstić information content (AvgIpc) is 1.57. The van der Waals surface area contributed by atoms with E-state index in [0.29, 0.717) is 5.82 Å². The first-order valence-electron chi connectivity index (χ1n) is 39.6. The largest absolute Gasteiger partial charge is 0.310 e. The smallest absolute Gasteiger partial charge is 0.160 e. The van der Waals surface area contributed by atoms with Gasteiger partial charge in [-0.05, 0) is 199 Å². The van der Waals surface area contributed by atoms with Crippen molar-refractivity contribution in [3.8, 4) is 101 Å². The summed E-state index contributed by atoms with van der Waals surface area (Å²) in [6.45, 7) is 11.9. The molecular formula is C107H76N6. The van der Waals surface area contributed by atoms with E-state index in [2.05, 4.69) is 411 Å². The molecule has 6 nitrogen and oxygen atoms in total. The van der Waals surface area contributed by atoms with Gasteiger partial charge in [0, 0.05) is 93.9 Å². The Morgan fingerprint density at radius 2 is 0.664 bits per heavy atom. The van der Waals surface area contributed by atoms with E-state index in [1.165, 1.54) is 133 Å². The summed E-state index contributed by atoms with van der Waals surface area (Å²) < 4.78 is 9.97. The minimum absolute atomic E-state index is 0.114. The maximum absolute atomic E-state index is 5.64. The summed E-state index contributed by atoms with van der Waals surface area (Å²) in [6, 6.07) is 129. The van der Waals surface area contributed by atoms with Crippen molar-refractivity contribution in [3.05, 3.63) is 391 Å². The maximum atomic E-state index is 5.64. The number of para-hydroxylation sites is 4. The van der Waals surface area contributed by atoms with Gasteiger partial charge >= 0.3 is 0 Å². The lowest BCUT2D eigenvalue weighted by atomic mass is 9.78. The summed E-state index contributed by atoms with van der Waals surface area (Å²) in [4.78, 5) is 11.0. The fraction of sp³-hybridized carbons (Fsp3) is 0.0841. The Labute approximate surface area is 655 Å². The topological polar surface area (TPSA) is 45.5 Å². The lowest BCUT2D eigenvalue weighted by Gasteiger charge is -2.27. The van der Waals surface area contributed by atoms with Gasteiger partial charge in [-0.1, -0.05) is 277 Å². The highest BCUT2D eigenvalue weighted by Gasteiger charge is 2.38. The summed E-state index contributed by atoms with van der Waals surface area (Å²) in [5.41, 5.74) is 36.3. The molecule has 5 aromatic heterocycles. The van der Waals surface area contributed by atoms with Crippen molar-refractivity contribution in [1.29, 1.82) is 0 Å². The second-order valence-electron chi connectivity index (χ2n) is 32.4. The van der Waals surface area contributed by atoms with Gasteiger partial charge in [-0.25, -0.2) is 9.97 Å². The lowest BCUT2D eigenvalue weighted by Crippen LogP contribution is -2.15. The zero-order valence-corrected chi connectivity index (χ0v) is 63.4. The maximum Gasteiger partial charge on any atom is 0.160 e. The van der Waals surface area contributed by atoms with Crippen LogP contribution in [0.25, 0.3) is 184 Å². The molecular weight excluding hydrogens is 1370 g/mol. The van der Waals surface area contributed by atoms with Gasteiger partial charge in [-0.15, -0.1) is 0 Å². The van der Waals surface area contributed by atoms with Gasteiger partial charge in [-0.2, -0.15) is 0 Å². The molecule has 0 aliphatic heterocycles. The standard InChI is InChI=1S/C107H76N6/c1-65-78(51-55-103-104(65)86-33-17-23-39-99(86)111(103)75-48-50-82-80-29-13-19-35-91(80)107(4,5)93(82)63-75)72-46-54-102-89(60-72)85-32-16-22-38-98(85)113(102)77-57-73(95-64-94(68-26-10-7-11-27-68)108-105(109-95)69-42-40-67(41-43-69)66-24-8-6-9-25-66)56-76(61-77)112-97-37-21-15-31-84(97)88-59-71(45-53-101(88)112)70-44-52-100-87(58-70)83-30-14-20-36-96(83)110(100)74-47-49-81-79-28-12-18-34-90(79)106(2,3)92(81)62-74/h6-65,78H,1-5H3. The van der Waals surface area contributed by atoms with E-state index in [9.17, 15) is 0 Å². The quantitative estimate of drug-likeness (QED) is 0.137. The molecule has 6 heteroatoms. The summed E-state index contributed by atoms with van der Waals surface area (Å²) in [5, 5.41) is 8.52. The van der Waals surface area contributed by atoms with Crippen LogP contribution in [-0.4, -0.2) is 28.2 Å². The molecule has 534 valence electrons. The van der Waals surface area contributed by atoms with Crippen LogP contribution in [0.15, 0.2) is 352 Å². The molecule has 0 amide bonds. The molecule has 0 radical (unpaired) electrons. The number of allylic oxidation sites excluding steroid dienone is 1. The van der Waals surface area contributed by atoms with E-state index in [-0.39, 0.29) is 22.7 Å². The molecule has 15 aromatic carbocycles. The minimum atomic E-state index is -0.119. The van der Waals surface area contributed by atoms with Gasteiger partial charge in [0.1, 0.15) is 0 Å². The second kappa shape index (κ2) is 24.5. The van der Waals surface area contributed by atoms with E-state index < -0.39 is 0 Å². The van der Waals surface area contributed by atoms with Gasteiger partial charge < -0.3 is 18.3 Å². The highest BCUT2D eigenvalue weighted by molar-refractivity contribution is 6.14. The highest BCUT2D eigenvalue weighted by Crippen LogP contribution is 2.54. The zero-order valence-electron chi connectivity index (χ0n) is 63.4. The van der Waals surface area contributed by atoms with Crippen molar-refractivity contribution in [2.24, 2.45) is 0 Å². The Morgan fingerprint density at radius 3 is 1.21 bits per heavy atom. The molecule has 5 heterocycles. The van der Waals surface area contributed by atoms with Crippen LogP contribution in [0, 0.1) is 0 Å².